The van der Waals surface area contributed by atoms with Crippen molar-refractivity contribution in [1.29, 1.82) is 0 Å². The van der Waals surface area contributed by atoms with Gasteiger partial charge in [-0.2, -0.15) is 5.06 Å². The van der Waals surface area contributed by atoms with Crippen molar-refractivity contribution in [3.63, 3.8) is 0 Å². The number of hydrogen-bond donors (Lipinski definition) is 5. The van der Waals surface area contributed by atoms with Gasteiger partial charge in [0.05, 0.1) is 30.3 Å². The Morgan fingerprint density at radius 2 is 1.94 bits per heavy atom. The second kappa shape index (κ2) is 12.6. The molecule has 0 radical (unpaired) electrons. The fraction of sp³-hybridized carbons (Fsp3) is 0.727. The number of rotatable bonds is 12. The van der Waals surface area contributed by atoms with Crippen molar-refractivity contribution >= 4 is 11.4 Å². The molecule has 33 heavy (non-hydrogen) atoms. The van der Waals surface area contributed by atoms with Crippen molar-refractivity contribution in [2.75, 3.05) is 44.7 Å². The number of likely N-dealkylation sites (tertiary alicyclic amines) is 1. The Morgan fingerprint density at radius 3 is 2.64 bits per heavy atom. The highest BCUT2D eigenvalue weighted by atomic mass is 16.7. The summed E-state index contributed by atoms with van der Waals surface area (Å²) in [5.41, 5.74) is 1.41. The molecule has 2 fully saturated rings. The number of piperidine rings is 1. The van der Waals surface area contributed by atoms with Crippen LogP contribution < -0.4 is 5.32 Å². The number of nitrogens with one attached hydrogen (secondary N) is 1. The van der Waals surface area contributed by atoms with E-state index in [9.17, 15) is 30.5 Å². The molecule has 1 aromatic rings. The predicted octanol–water partition coefficient (Wildman–Crippen LogP) is 0.464. The van der Waals surface area contributed by atoms with Gasteiger partial charge >= 0.3 is 0 Å². The lowest BCUT2D eigenvalue weighted by Gasteiger charge is -2.43. The van der Waals surface area contributed by atoms with Crippen LogP contribution in [0.3, 0.4) is 0 Å². The summed E-state index contributed by atoms with van der Waals surface area (Å²) in [6, 6.07) is 4.65. The number of anilines is 1. The summed E-state index contributed by atoms with van der Waals surface area (Å²) < 4.78 is 0. The molecule has 11 heteroatoms. The van der Waals surface area contributed by atoms with E-state index in [1.807, 2.05) is 16.0 Å². The van der Waals surface area contributed by atoms with Crippen LogP contribution in [0, 0.1) is 10.1 Å². The zero-order valence-electron chi connectivity index (χ0n) is 18.9. The molecule has 0 spiro atoms. The van der Waals surface area contributed by atoms with Gasteiger partial charge in [-0.15, -0.1) is 0 Å². The number of benzene rings is 1. The first-order valence-corrected chi connectivity index (χ1v) is 11.7. The Balaban J connectivity index is 1.38. The number of nitro groups is 1. The molecule has 2 heterocycles. The minimum Gasteiger partial charge on any atom is -0.395 e. The van der Waals surface area contributed by atoms with Crippen molar-refractivity contribution in [3.05, 3.63) is 33.9 Å². The molecule has 186 valence electrons. The van der Waals surface area contributed by atoms with Crippen molar-refractivity contribution in [2.45, 2.75) is 63.0 Å². The Morgan fingerprint density at radius 1 is 1.15 bits per heavy atom. The van der Waals surface area contributed by atoms with Crippen LogP contribution in [0.25, 0.3) is 0 Å². The maximum atomic E-state index is 11.5. The quantitative estimate of drug-likeness (QED) is 0.166. The third-order valence-electron chi connectivity index (χ3n) is 6.35. The summed E-state index contributed by atoms with van der Waals surface area (Å²) in [7, 11) is 0. The SMILES string of the molecule is O=[N+]([O-])c1cc(CN2CCCO2)ccc1NCCCCCCN1CC(O)C(O)C(O)C1CO. The molecule has 0 bridgehead atoms. The highest BCUT2D eigenvalue weighted by molar-refractivity contribution is 5.62. The molecule has 2 aliphatic heterocycles. The number of unbranched alkanes of at least 4 members (excludes halogenated alkanes) is 3. The number of aliphatic hydroxyl groups is 4. The number of nitro benzene ring substituents is 1. The number of hydrogen-bond acceptors (Lipinski definition) is 10. The summed E-state index contributed by atoms with van der Waals surface area (Å²) in [6.45, 7) is 3.20. The smallest absolute Gasteiger partial charge is 0.292 e. The molecule has 0 amide bonds. The van der Waals surface area contributed by atoms with Gasteiger partial charge in [-0.05, 0) is 37.4 Å². The molecule has 4 unspecified atom stereocenters. The molecule has 0 saturated carbocycles. The van der Waals surface area contributed by atoms with Gasteiger partial charge in [-0.3, -0.25) is 19.9 Å². The maximum absolute atomic E-state index is 11.5. The van der Waals surface area contributed by atoms with E-state index in [0.29, 0.717) is 31.9 Å². The van der Waals surface area contributed by atoms with E-state index in [0.717, 1.165) is 44.2 Å². The van der Waals surface area contributed by atoms with Crippen molar-refractivity contribution in [2.24, 2.45) is 0 Å². The summed E-state index contributed by atoms with van der Waals surface area (Å²) in [5.74, 6) is 0. The van der Waals surface area contributed by atoms with E-state index in [-0.39, 0.29) is 23.8 Å². The van der Waals surface area contributed by atoms with E-state index in [4.69, 9.17) is 4.84 Å². The molecule has 11 nitrogen and oxygen atoms in total. The van der Waals surface area contributed by atoms with Gasteiger partial charge in [0.15, 0.2) is 0 Å². The molecular weight excluding hydrogens is 432 g/mol. The van der Waals surface area contributed by atoms with Crippen LogP contribution in [0.15, 0.2) is 18.2 Å². The average molecular weight is 469 g/mol. The van der Waals surface area contributed by atoms with Gasteiger partial charge in [0.2, 0.25) is 0 Å². The fourth-order valence-corrected chi connectivity index (χ4v) is 4.46. The van der Waals surface area contributed by atoms with Crippen LogP contribution in [-0.4, -0.2) is 99.1 Å². The van der Waals surface area contributed by atoms with E-state index in [1.54, 1.807) is 12.1 Å². The molecular formula is C22H36N4O7. The monoisotopic (exact) mass is 468 g/mol. The fourth-order valence-electron chi connectivity index (χ4n) is 4.46. The zero-order valence-corrected chi connectivity index (χ0v) is 18.9. The molecule has 4 atom stereocenters. The minimum atomic E-state index is -1.24. The van der Waals surface area contributed by atoms with E-state index in [2.05, 4.69) is 5.32 Å². The summed E-state index contributed by atoms with van der Waals surface area (Å²) in [5, 5.41) is 55.7. The predicted molar refractivity (Wildman–Crippen MR) is 122 cm³/mol. The second-order valence-corrected chi connectivity index (χ2v) is 8.79. The highest BCUT2D eigenvalue weighted by Crippen LogP contribution is 2.27. The molecule has 2 saturated heterocycles. The average Bonchev–Trinajstić information content (AvgIpc) is 3.30. The van der Waals surface area contributed by atoms with Crippen LogP contribution in [-0.2, 0) is 11.4 Å². The number of β-amino-alcohol motifs (C(OH)–C–C–N with tert-alkyl or cyclic N) is 1. The number of aliphatic hydroxyl groups excluding tert-OH is 4. The second-order valence-electron chi connectivity index (χ2n) is 8.79. The molecule has 3 rings (SSSR count). The van der Waals surface area contributed by atoms with E-state index < -0.39 is 24.4 Å². The van der Waals surface area contributed by atoms with Crippen LogP contribution in [0.1, 0.15) is 37.7 Å². The maximum Gasteiger partial charge on any atom is 0.292 e. The molecule has 0 aliphatic carbocycles. The Labute approximate surface area is 193 Å². The van der Waals surface area contributed by atoms with Crippen LogP contribution >= 0.6 is 0 Å². The van der Waals surface area contributed by atoms with Crippen LogP contribution in [0.4, 0.5) is 11.4 Å². The Bertz CT molecular complexity index is 762. The lowest BCUT2D eigenvalue weighted by Crippen LogP contribution is -2.62. The Kier molecular flexibility index (Phi) is 9.80. The lowest BCUT2D eigenvalue weighted by molar-refractivity contribution is -0.384. The van der Waals surface area contributed by atoms with Crippen molar-refractivity contribution in [1.82, 2.24) is 9.96 Å². The van der Waals surface area contributed by atoms with Crippen molar-refractivity contribution < 1.29 is 30.2 Å². The normalized spacial score (nSPS) is 26.5. The van der Waals surface area contributed by atoms with Crippen LogP contribution in [0.2, 0.25) is 0 Å². The highest BCUT2D eigenvalue weighted by Gasteiger charge is 2.40. The van der Waals surface area contributed by atoms with Crippen molar-refractivity contribution in [3.8, 4) is 0 Å². The summed E-state index contributed by atoms with van der Waals surface area (Å²) in [6.07, 6.45) is 1.00. The van der Waals surface area contributed by atoms with Gasteiger partial charge in [-0.1, -0.05) is 18.9 Å². The standard InChI is InChI=1S/C22H36N4O7/c27-15-19-21(29)22(30)20(28)14-24(19)9-4-2-1-3-8-23-17-7-6-16(12-18(17)26(31)32)13-25-10-5-11-33-25/h6-7,12,19-23,27-30H,1-5,8-11,13-15H2. The van der Waals surface area contributed by atoms with Gasteiger partial charge in [-0.25, -0.2) is 0 Å². The largest absolute Gasteiger partial charge is 0.395 e. The molecule has 0 aromatic heterocycles. The van der Waals surface area contributed by atoms with Gasteiger partial charge < -0.3 is 25.7 Å². The first kappa shape index (κ1) is 25.8. The lowest BCUT2D eigenvalue weighted by atomic mass is 9.94. The zero-order chi connectivity index (χ0) is 23.8. The third kappa shape index (κ3) is 7.06. The summed E-state index contributed by atoms with van der Waals surface area (Å²) >= 11 is 0. The van der Waals surface area contributed by atoms with E-state index >= 15 is 0 Å². The number of hydroxylamine groups is 2. The van der Waals surface area contributed by atoms with Gasteiger partial charge in [0.1, 0.15) is 17.9 Å². The minimum absolute atomic E-state index is 0.0612. The molecule has 5 N–H and O–H groups in total. The van der Waals surface area contributed by atoms with Crippen LogP contribution in [0.5, 0.6) is 0 Å². The molecule has 2 aliphatic rings. The Hall–Kier alpha value is -1.86. The summed E-state index contributed by atoms with van der Waals surface area (Å²) in [4.78, 5) is 18.4. The molecule has 1 aromatic carbocycles. The topological polar surface area (TPSA) is 152 Å². The van der Waals surface area contributed by atoms with Gasteiger partial charge in [0.25, 0.3) is 5.69 Å². The van der Waals surface area contributed by atoms with Gasteiger partial charge in [0, 0.05) is 32.2 Å². The number of nitrogens with zero attached hydrogens (tertiary/aromatic N) is 3. The van der Waals surface area contributed by atoms with E-state index in [1.165, 1.54) is 0 Å². The first-order valence-electron chi connectivity index (χ1n) is 11.7. The first-order chi connectivity index (χ1) is 15.9. The third-order valence-corrected chi connectivity index (χ3v) is 6.35.